The van der Waals surface area contributed by atoms with Crippen molar-refractivity contribution in [3.05, 3.63) is 0 Å². The second-order valence-corrected chi connectivity index (χ2v) is 3.34. The number of hydrogen-bond donors (Lipinski definition) is 1. The Morgan fingerprint density at radius 1 is 1.31 bits per heavy atom. The Labute approximate surface area is 79.6 Å². The Hall–Kier alpha value is -0.610. The number of ether oxygens (including phenoxy) is 1. The van der Waals surface area contributed by atoms with Crippen molar-refractivity contribution in [2.45, 2.75) is 20.8 Å². The SMILES string of the molecule is COCCONC(=O)C(C)C(C)C. The number of nitrogens with one attached hydrogen (secondary N) is 1. The van der Waals surface area contributed by atoms with E-state index in [9.17, 15) is 4.79 Å². The predicted octanol–water partition coefficient (Wildman–Crippen LogP) is 0.973. The molecule has 0 spiro atoms. The van der Waals surface area contributed by atoms with E-state index >= 15 is 0 Å². The zero-order valence-electron chi connectivity index (χ0n) is 8.79. The molecule has 4 heteroatoms. The van der Waals surface area contributed by atoms with E-state index in [-0.39, 0.29) is 11.8 Å². The molecule has 0 bridgehead atoms. The molecule has 0 fully saturated rings. The summed E-state index contributed by atoms with van der Waals surface area (Å²) in [6.07, 6.45) is 0. The van der Waals surface area contributed by atoms with Crippen LogP contribution in [0, 0.1) is 11.8 Å². The van der Waals surface area contributed by atoms with Crippen LogP contribution in [0.3, 0.4) is 0 Å². The third-order valence-corrected chi connectivity index (χ3v) is 1.98. The molecule has 0 heterocycles. The average Bonchev–Trinajstić information content (AvgIpc) is 2.10. The molecule has 4 nitrogen and oxygen atoms in total. The summed E-state index contributed by atoms with van der Waals surface area (Å²) in [4.78, 5) is 16.2. The highest BCUT2D eigenvalue weighted by atomic mass is 16.7. The zero-order valence-corrected chi connectivity index (χ0v) is 8.79. The van der Waals surface area contributed by atoms with Crippen molar-refractivity contribution in [1.29, 1.82) is 0 Å². The van der Waals surface area contributed by atoms with Crippen molar-refractivity contribution < 1.29 is 14.4 Å². The largest absolute Gasteiger partial charge is 0.382 e. The second kappa shape index (κ2) is 6.86. The molecule has 1 amide bonds. The van der Waals surface area contributed by atoms with Crippen LogP contribution >= 0.6 is 0 Å². The van der Waals surface area contributed by atoms with Gasteiger partial charge in [0.05, 0.1) is 13.2 Å². The standard InChI is InChI=1S/C9H19NO3/c1-7(2)8(3)9(11)10-13-6-5-12-4/h7-8H,5-6H2,1-4H3,(H,10,11). The molecule has 0 aromatic carbocycles. The van der Waals surface area contributed by atoms with Gasteiger partial charge in [-0.05, 0) is 5.92 Å². The van der Waals surface area contributed by atoms with Crippen molar-refractivity contribution >= 4 is 5.91 Å². The number of hydroxylamine groups is 1. The summed E-state index contributed by atoms with van der Waals surface area (Å²) in [5, 5.41) is 0. The number of methoxy groups -OCH3 is 1. The van der Waals surface area contributed by atoms with E-state index in [2.05, 4.69) is 5.48 Å². The van der Waals surface area contributed by atoms with Crippen molar-refractivity contribution in [2.75, 3.05) is 20.3 Å². The lowest BCUT2D eigenvalue weighted by atomic mass is 9.98. The molecular formula is C9H19NO3. The highest BCUT2D eigenvalue weighted by Gasteiger charge is 2.15. The van der Waals surface area contributed by atoms with E-state index < -0.39 is 0 Å². The maximum Gasteiger partial charge on any atom is 0.246 e. The fourth-order valence-corrected chi connectivity index (χ4v) is 0.643. The third-order valence-electron chi connectivity index (χ3n) is 1.98. The minimum Gasteiger partial charge on any atom is -0.382 e. The summed E-state index contributed by atoms with van der Waals surface area (Å²) in [6, 6.07) is 0. The molecule has 0 aliphatic rings. The van der Waals surface area contributed by atoms with Gasteiger partial charge in [-0.15, -0.1) is 0 Å². The van der Waals surface area contributed by atoms with Crippen LogP contribution in [0.2, 0.25) is 0 Å². The van der Waals surface area contributed by atoms with Crippen molar-refractivity contribution in [3.8, 4) is 0 Å². The van der Waals surface area contributed by atoms with Crippen LogP contribution < -0.4 is 5.48 Å². The monoisotopic (exact) mass is 189 g/mol. The van der Waals surface area contributed by atoms with Gasteiger partial charge in [0.2, 0.25) is 5.91 Å². The van der Waals surface area contributed by atoms with Crippen LogP contribution in [0.4, 0.5) is 0 Å². The van der Waals surface area contributed by atoms with Gasteiger partial charge in [0.15, 0.2) is 0 Å². The van der Waals surface area contributed by atoms with Crippen molar-refractivity contribution in [3.63, 3.8) is 0 Å². The number of hydrogen-bond acceptors (Lipinski definition) is 3. The summed E-state index contributed by atoms with van der Waals surface area (Å²) >= 11 is 0. The van der Waals surface area contributed by atoms with Gasteiger partial charge in [-0.3, -0.25) is 9.63 Å². The molecule has 1 unspecified atom stereocenters. The van der Waals surface area contributed by atoms with Gasteiger partial charge in [-0.25, -0.2) is 5.48 Å². The fraction of sp³-hybridized carbons (Fsp3) is 0.889. The quantitative estimate of drug-likeness (QED) is 0.500. The molecule has 0 aromatic heterocycles. The first kappa shape index (κ1) is 12.4. The van der Waals surface area contributed by atoms with Gasteiger partial charge in [0.25, 0.3) is 0 Å². The molecule has 0 radical (unpaired) electrons. The molecule has 1 atom stereocenters. The van der Waals surface area contributed by atoms with Gasteiger partial charge >= 0.3 is 0 Å². The Bertz CT molecular complexity index is 148. The topological polar surface area (TPSA) is 47.6 Å². The molecule has 1 N–H and O–H groups in total. The average molecular weight is 189 g/mol. The van der Waals surface area contributed by atoms with E-state index in [0.29, 0.717) is 19.1 Å². The van der Waals surface area contributed by atoms with Gasteiger partial charge in [-0.2, -0.15) is 0 Å². The first-order valence-corrected chi connectivity index (χ1v) is 4.50. The summed E-state index contributed by atoms with van der Waals surface area (Å²) in [5.74, 6) is 0.222. The lowest BCUT2D eigenvalue weighted by molar-refractivity contribution is -0.139. The van der Waals surface area contributed by atoms with Crippen LogP contribution in [-0.4, -0.2) is 26.2 Å². The summed E-state index contributed by atoms with van der Waals surface area (Å²) < 4.78 is 4.76. The summed E-state index contributed by atoms with van der Waals surface area (Å²) in [5.41, 5.74) is 2.38. The lowest BCUT2D eigenvalue weighted by Gasteiger charge is -2.14. The smallest absolute Gasteiger partial charge is 0.246 e. The highest BCUT2D eigenvalue weighted by molar-refractivity contribution is 5.77. The van der Waals surface area contributed by atoms with Gasteiger partial charge in [0, 0.05) is 13.0 Å². The second-order valence-electron chi connectivity index (χ2n) is 3.34. The summed E-state index contributed by atoms with van der Waals surface area (Å²) in [7, 11) is 1.59. The van der Waals surface area contributed by atoms with E-state index in [1.54, 1.807) is 7.11 Å². The molecule has 0 saturated heterocycles. The maximum absolute atomic E-state index is 11.3. The van der Waals surface area contributed by atoms with E-state index in [1.807, 2.05) is 20.8 Å². The Morgan fingerprint density at radius 3 is 2.38 bits per heavy atom. The summed E-state index contributed by atoms with van der Waals surface area (Å²) in [6.45, 7) is 6.74. The van der Waals surface area contributed by atoms with Gasteiger partial charge in [0.1, 0.15) is 0 Å². The highest BCUT2D eigenvalue weighted by Crippen LogP contribution is 2.08. The Kier molecular flexibility index (Phi) is 6.54. The number of rotatable bonds is 6. The molecule has 78 valence electrons. The molecule has 0 aliphatic heterocycles. The van der Waals surface area contributed by atoms with Crippen molar-refractivity contribution in [2.24, 2.45) is 11.8 Å². The van der Waals surface area contributed by atoms with E-state index in [0.717, 1.165) is 0 Å². The van der Waals surface area contributed by atoms with Crippen LogP contribution in [0.15, 0.2) is 0 Å². The molecule has 0 aromatic rings. The molecule has 0 aliphatic carbocycles. The minimum absolute atomic E-state index is 0.0254. The minimum atomic E-state index is -0.0777. The predicted molar refractivity (Wildman–Crippen MR) is 50.0 cm³/mol. The van der Waals surface area contributed by atoms with Gasteiger partial charge < -0.3 is 4.74 Å². The zero-order chi connectivity index (χ0) is 10.3. The Balaban J connectivity index is 3.50. The fourth-order valence-electron chi connectivity index (χ4n) is 0.643. The van der Waals surface area contributed by atoms with E-state index in [4.69, 9.17) is 9.57 Å². The Morgan fingerprint density at radius 2 is 1.92 bits per heavy atom. The maximum atomic E-state index is 11.3. The number of carbonyl (C=O) groups excluding carboxylic acids is 1. The van der Waals surface area contributed by atoms with Crippen LogP contribution in [0.25, 0.3) is 0 Å². The molecule has 0 saturated carbocycles. The van der Waals surface area contributed by atoms with Crippen LogP contribution in [-0.2, 0) is 14.4 Å². The van der Waals surface area contributed by atoms with Crippen molar-refractivity contribution in [1.82, 2.24) is 5.48 Å². The van der Waals surface area contributed by atoms with Crippen LogP contribution in [0.1, 0.15) is 20.8 Å². The lowest BCUT2D eigenvalue weighted by Crippen LogP contribution is -2.32. The molecular weight excluding hydrogens is 170 g/mol. The van der Waals surface area contributed by atoms with Crippen LogP contribution in [0.5, 0.6) is 0 Å². The molecule has 0 rings (SSSR count). The number of amides is 1. The number of carbonyl (C=O) groups is 1. The van der Waals surface area contributed by atoms with E-state index in [1.165, 1.54) is 0 Å². The normalized spacial score (nSPS) is 13.0. The van der Waals surface area contributed by atoms with Gasteiger partial charge in [-0.1, -0.05) is 20.8 Å². The first-order valence-electron chi connectivity index (χ1n) is 4.50. The third kappa shape index (κ3) is 5.60. The molecule has 13 heavy (non-hydrogen) atoms. The first-order chi connectivity index (χ1) is 6.09.